The van der Waals surface area contributed by atoms with Gasteiger partial charge in [-0.1, -0.05) is 0 Å². The number of benzene rings is 1. The number of hydrogen-bond donors (Lipinski definition) is 0. The van der Waals surface area contributed by atoms with Gasteiger partial charge in [0.1, 0.15) is 11.5 Å². The molecule has 90 valence electrons. The highest BCUT2D eigenvalue weighted by Crippen LogP contribution is 2.20. The maximum atomic E-state index is 11.5. The molecule has 17 heavy (non-hydrogen) atoms. The molecule has 0 aromatic heterocycles. The van der Waals surface area contributed by atoms with Gasteiger partial charge in [-0.05, 0) is 24.3 Å². The molecule has 0 spiro atoms. The van der Waals surface area contributed by atoms with Crippen LogP contribution in [0.5, 0.6) is 5.75 Å². The van der Waals surface area contributed by atoms with Gasteiger partial charge in [-0.2, -0.15) is 0 Å². The van der Waals surface area contributed by atoms with E-state index in [2.05, 4.69) is 0 Å². The van der Waals surface area contributed by atoms with E-state index in [0.29, 0.717) is 19.5 Å². The Morgan fingerprint density at radius 3 is 2.47 bits per heavy atom. The van der Waals surface area contributed by atoms with E-state index < -0.39 is 0 Å². The van der Waals surface area contributed by atoms with Crippen molar-refractivity contribution in [1.29, 1.82) is 0 Å². The lowest BCUT2D eigenvalue weighted by molar-refractivity contribution is -0.125. The van der Waals surface area contributed by atoms with Crippen LogP contribution < -0.4 is 9.64 Å². The van der Waals surface area contributed by atoms with E-state index in [1.807, 2.05) is 29.2 Å². The van der Waals surface area contributed by atoms with Gasteiger partial charge in [0.15, 0.2) is 5.78 Å². The van der Waals surface area contributed by atoms with Crippen LogP contribution in [0.2, 0.25) is 0 Å². The average molecular weight is 233 g/mol. The van der Waals surface area contributed by atoms with Gasteiger partial charge in [-0.15, -0.1) is 0 Å². The van der Waals surface area contributed by atoms with Crippen molar-refractivity contribution in [2.45, 2.75) is 12.8 Å². The number of ether oxygens (including phenoxy) is 1. The van der Waals surface area contributed by atoms with Gasteiger partial charge in [0.05, 0.1) is 20.1 Å². The normalized spacial score (nSPS) is 16.9. The molecule has 0 atom stereocenters. The number of hydrogen-bond acceptors (Lipinski definition) is 4. The van der Waals surface area contributed by atoms with Crippen LogP contribution in [0.3, 0.4) is 0 Å². The first-order valence-electron chi connectivity index (χ1n) is 5.61. The van der Waals surface area contributed by atoms with Crippen LogP contribution in [0.4, 0.5) is 5.69 Å². The van der Waals surface area contributed by atoms with Crippen LogP contribution >= 0.6 is 0 Å². The summed E-state index contributed by atoms with van der Waals surface area (Å²) in [7, 11) is 1.61. The molecule has 4 nitrogen and oxygen atoms in total. The van der Waals surface area contributed by atoms with Crippen molar-refractivity contribution in [3.8, 4) is 5.75 Å². The fourth-order valence-corrected chi connectivity index (χ4v) is 1.93. The molecule has 0 aliphatic carbocycles. The third-order valence-corrected chi connectivity index (χ3v) is 2.86. The molecule has 4 heteroatoms. The van der Waals surface area contributed by atoms with Crippen molar-refractivity contribution in [2.24, 2.45) is 0 Å². The smallest absolute Gasteiger partial charge is 0.159 e. The predicted octanol–water partition coefficient (Wildman–Crippen LogP) is 1.43. The summed E-state index contributed by atoms with van der Waals surface area (Å²) >= 11 is 0. The van der Waals surface area contributed by atoms with E-state index in [1.165, 1.54) is 0 Å². The summed E-state index contributed by atoms with van der Waals surface area (Å²) in [6, 6.07) is 7.52. The summed E-state index contributed by atoms with van der Waals surface area (Å²) in [5, 5.41) is 0. The molecule has 1 heterocycles. The Kier molecular flexibility index (Phi) is 3.42. The van der Waals surface area contributed by atoms with E-state index in [0.717, 1.165) is 11.4 Å². The summed E-state index contributed by atoms with van der Waals surface area (Å²) in [5.74, 6) is 0.806. The Labute approximate surface area is 100 Å². The Bertz CT molecular complexity index is 425. The van der Waals surface area contributed by atoms with Crippen LogP contribution in [0.1, 0.15) is 12.8 Å². The molecular formula is C13H15NO3. The number of rotatable bonds is 2. The largest absolute Gasteiger partial charge is 0.497 e. The second kappa shape index (κ2) is 4.99. The Balaban J connectivity index is 2.14. The highest BCUT2D eigenvalue weighted by molar-refractivity contribution is 6.02. The third kappa shape index (κ3) is 2.84. The first kappa shape index (κ1) is 11.6. The zero-order chi connectivity index (χ0) is 12.3. The summed E-state index contributed by atoms with van der Waals surface area (Å²) in [6.07, 6.45) is 0.518. The molecule has 0 saturated carbocycles. The lowest BCUT2D eigenvalue weighted by Gasteiger charge is -2.21. The van der Waals surface area contributed by atoms with Crippen LogP contribution in [-0.2, 0) is 9.59 Å². The molecule has 1 fully saturated rings. The van der Waals surface area contributed by atoms with Crippen molar-refractivity contribution in [1.82, 2.24) is 0 Å². The second-order valence-corrected chi connectivity index (χ2v) is 4.12. The molecule has 0 unspecified atom stereocenters. The number of ketones is 2. The van der Waals surface area contributed by atoms with Gasteiger partial charge in [-0.25, -0.2) is 0 Å². The number of methoxy groups -OCH3 is 1. The highest BCUT2D eigenvalue weighted by atomic mass is 16.5. The molecule has 0 radical (unpaired) electrons. The van der Waals surface area contributed by atoms with Gasteiger partial charge >= 0.3 is 0 Å². The zero-order valence-corrected chi connectivity index (χ0v) is 9.81. The summed E-state index contributed by atoms with van der Waals surface area (Å²) < 4.78 is 5.08. The Hall–Kier alpha value is -1.84. The topological polar surface area (TPSA) is 46.6 Å². The first-order valence-corrected chi connectivity index (χ1v) is 5.61. The number of nitrogens with zero attached hydrogens (tertiary/aromatic N) is 1. The summed E-state index contributed by atoms with van der Waals surface area (Å²) in [4.78, 5) is 24.8. The fraction of sp³-hybridized carbons (Fsp3) is 0.385. The van der Waals surface area contributed by atoms with Crippen LogP contribution in [0, 0.1) is 0 Å². The summed E-state index contributed by atoms with van der Waals surface area (Å²) in [6.45, 7) is 0.926. The van der Waals surface area contributed by atoms with Crippen molar-refractivity contribution < 1.29 is 14.3 Å². The number of Topliss-reactive ketones (excluding diaryl/α,β-unsaturated/α-hetero) is 2. The molecule has 1 saturated heterocycles. The predicted molar refractivity (Wildman–Crippen MR) is 64.5 cm³/mol. The molecule has 0 N–H and O–H groups in total. The van der Waals surface area contributed by atoms with E-state index in [1.54, 1.807) is 7.11 Å². The molecule has 0 bridgehead atoms. The molecule has 1 aromatic rings. The summed E-state index contributed by atoms with van der Waals surface area (Å²) in [5.41, 5.74) is 0.953. The number of anilines is 1. The van der Waals surface area contributed by atoms with Crippen LogP contribution in [-0.4, -0.2) is 31.8 Å². The minimum atomic E-state index is -0.0108. The van der Waals surface area contributed by atoms with E-state index >= 15 is 0 Å². The molecule has 2 rings (SSSR count). The molecule has 0 amide bonds. The van der Waals surface area contributed by atoms with Crippen molar-refractivity contribution in [3.05, 3.63) is 24.3 Å². The molecule has 1 aromatic carbocycles. The average Bonchev–Trinajstić information content (AvgIpc) is 2.50. The van der Waals surface area contributed by atoms with Gasteiger partial charge < -0.3 is 9.64 Å². The van der Waals surface area contributed by atoms with Crippen LogP contribution in [0.25, 0.3) is 0 Å². The van der Waals surface area contributed by atoms with Gasteiger partial charge in [-0.3, -0.25) is 9.59 Å². The van der Waals surface area contributed by atoms with Gasteiger partial charge in [0.2, 0.25) is 0 Å². The van der Waals surface area contributed by atoms with Crippen molar-refractivity contribution in [3.63, 3.8) is 0 Å². The quantitative estimate of drug-likeness (QED) is 0.725. The highest BCUT2D eigenvalue weighted by Gasteiger charge is 2.20. The van der Waals surface area contributed by atoms with Crippen LogP contribution in [0.15, 0.2) is 24.3 Å². The molecular weight excluding hydrogens is 218 g/mol. The second-order valence-electron chi connectivity index (χ2n) is 4.12. The lowest BCUT2D eigenvalue weighted by Crippen LogP contribution is -2.28. The van der Waals surface area contributed by atoms with E-state index in [9.17, 15) is 9.59 Å². The van der Waals surface area contributed by atoms with Crippen molar-refractivity contribution in [2.75, 3.05) is 25.1 Å². The lowest BCUT2D eigenvalue weighted by atomic mass is 10.2. The minimum Gasteiger partial charge on any atom is -0.497 e. The monoisotopic (exact) mass is 233 g/mol. The van der Waals surface area contributed by atoms with Gasteiger partial charge in [0, 0.05) is 18.7 Å². The fourth-order valence-electron chi connectivity index (χ4n) is 1.93. The zero-order valence-electron chi connectivity index (χ0n) is 9.81. The maximum absolute atomic E-state index is 11.5. The molecule has 1 aliphatic rings. The van der Waals surface area contributed by atoms with Crippen molar-refractivity contribution >= 4 is 17.3 Å². The minimum absolute atomic E-state index is 0.0108. The molecule has 1 aliphatic heterocycles. The number of carbonyl (C=O) groups is 2. The van der Waals surface area contributed by atoms with E-state index in [4.69, 9.17) is 4.74 Å². The third-order valence-electron chi connectivity index (χ3n) is 2.86. The Morgan fingerprint density at radius 2 is 1.82 bits per heavy atom. The standard InChI is InChI=1S/C13H15NO3/c1-17-13-4-2-10(3-5-13)14-7-6-11(15)8-12(16)9-14/h2-5H,6-9H2,1H3. The van der Waals surface area contributed by atoms with Gasteiger partial charge in [0.25, 0.3) is 0 Å². The first-order chi connectivity index (χ1) is 8.19. The SMILES string of the molecule is COc1ccc(N2CCC(=O)CC(=O)C2)cc1. The Morgan fingerprint density at radius 1 is 1.12 bits per heavy atom. The number of carbonyl (C=O) groups excluding carboxylic acids is 2. The van der Waals surface area contributed by atoms with E-state index in [-0.39, 0.29) is 18.0 Å². The maximum Gasteiger partial charge on any atom is 0.159 e.